The molecule has 0 atom stereocenters. The van der Waals surface area contributed by atoms with Gasteiger partial charge in [0.15, 0.2) is 6.61 Å². The lowest BCUT2D eigenvalue weighted by atomic mass is 10.3. The van der Waals surface area contributed by atoms with E-state index >= 15 is 0 Å². The third-order valence-corrected chi connectivity index (χ3v) is 6.89. The summed E-state index contributed by atoms with van der Waals surface area (Å²) >= 11 is 0. The van der Waals surface area contributed by atoms with Gasteiger partial charge < -0.3 is 14.8 Å². The van der Waals surface area contributed by atoms with E-state index in [2.05, 4.69) is 5.32 Å². The summed E-state index contributed by atoms with van der Waals surface area (Å²) in [5, 5.41) is 2.76. The summed E-state index contributed by atoms with van der Waals surface area (Å²) in [7, 11) is -2.18. The molecule has 7 nitrogen and oxygen atoms in total. The quantitative estimate of drug-likeness (QED) is 0.345. The molecule has 0 aliphatic carbocycles. The average Bonchev–Trinajstić information content (AvgIpc) is 2.89. The van der Waals surface area contributed by atoms with Crippen molar-refractivity contribution < 1.29 is 22.7 Å². The number of nitrogens with one attached hydrogen (secondary N) is 1. The predicted octanol–water partition coefficient (Wildman–Crippen LogP) is 5.32. The summed E-state index contributed by atoms with van der Waals surface area (Å²) in [5.74, 6) is 1.51. The van der Waals surface area contributed by atoms with Crippen LogP contribution in [0.5, 0.6) is 17.2 Å². The summed E-state index contributed by atoms with van der Waals surface area (Å²) in [4.78, 5) is 12.5. The number of benzene rings is 4. The number of carbonyl (C=O) groups is 1. The van der Waals surface area contributed by atoms with Crippen LogP contribution in [0.1, 0.15) is 0 Å². The van der Waals surface area contributed by atoms with Crippen LogP contribution >= 0.6 is 0 Å². The van der Waals surface area contributed by atoms with Gasteiger partial charge in [0.25, 0.3) is 15.9 Å². The summed E-state index contributed by atoms with van der Waals surface area (Å²) in [6.45, 7) is -0.195. The molecule has 4 aromatic rings. The molecule has 178 valence electrons. The number of anilines is 2. The third-order valence-electron chi connectivity index (χ3n) is 5.09. The number of hydrogen-bond acceptors (Lipinski definition) is 5. The van der Waals surface area contributed by atoms with Gasteiger partial charge in [-0.25, -0.2) is 8.42 Å². The fourth-order valence-corrected chi connectivity index (χ4v) is 4.44. The highest BCUT2D eigenvalue weighted by atomic mass is 32.2. The molecule has 0 heterocycles. The van der Waals surface area contributed by atoms with E-state index in [-0.39, 0.29) is 17.4 Å². The lowest BCUT2D eigenvalue weighted by Gasteiger charge is -2.19. The number of sulfonamides is 1. The first-order chi connectivity index (χ1) is 16.9. The van der Waals surface area contributed by atoms with E-state index in [1.54, 1.807) is 78.9 Å². The number of para-hydroxylation sites is 1. The molecule has 0 saturated carbocycles. The highest BCUT2D eigenvalue weighted by Gasteiger charge is 2.20. The maximum atomic E-state index is 12.8. The second kappa shape index (κ2) is 10.8. The minimum atomic E-state index is -3.67. The Kier molecular flexibility index (Phi) is 7.32. The minimum absolute atomic E-state index is 0.195. The third kappa shape index (κ3) is 6.18. The van der Waals surface area contributed by atoms with E-state index < -0.39 is 10.0 Å². The van der Waals surface area contributed by atoms with Crippen LogP contribution in [-0.2, 0) is 14.8 Å². The Balaban J connectivity index is 1.29. The van der Waals surface area contributed by atoms with Crippen LogP contribution in [0.25, 0.3) is 0 Å². The predicted molar refractivity (Wildman–Crippen MR) is 136 cm³/mol. The minimum Gasteiger partial charge on any atom is -0.484 e. The Morgan fingerprint density at radius 2 is 1.29 bits per heavy atom. The zero-order valence-electron chi connectivity index (χ0n) is 19.0. The second-order valence-corrected chi connectivity index (χ2v) is 9.53. The average molecular weight is 489 g/mol. The number of hydrogen-bond donors (Lipinski definition) is 1. The van der Waals surface area contributed by atoms with Gasteiger partial charge >= 0.3 is 0 Å². The highest BCUT2D eigenvalue weighted by molar-refractivity contribution is 7.92. The van der Waals surface area contributed by atoms with Crippen LogP contribution in [0.4, 0.5) is 11.4 Å². The monoisotopic (exact) mass is 488 g/mol. The van der Waals surface area contributed by atoms with Crippen molar-refractivity contribution in [3.05, 3.63) is 109 Å². The zero-order valence-corrected chi connectivity index (χ0v) is 19.8. The van der Waals surface area contributed by atoms with Gasteiger partial charge in [0.05, 0.1) is 10.6 Å². The molecule has 4 rings (SSSR count). The molecule has 8 heteroatoms. The van der Waals surface area contributed by atoms with Crippen molar-refractivity contribution in [2.45, 2.75) is 4.90 Å². The molecule has 0 aromatic heterocycles. The summed E-state index contributed by atoms with van der Waals surface area (Å²) in [6, 6.07) is 31.1. The van der Waals surface area contributed by atoms with Gasteiger partial charge in [-0.2, -0.15) is 0 Å². The molecule has 0 fully saturated rings. The van der Waals surface area contributed by atoms with Crippen LogP contribution in [-0.4, -0.2) is 28.0 Å². The van der Waals surface area contributed by atoms with Crippen LogP contribution < -0.4 is 19.1 Å². The van der Waals surface area contributed by atoms with Gasteiger partial charge in [-0.1, -0.05) is 36.4 Å². The van der Waals surface area contributed by atoms with Crippen molar-refractivity contribution >= 4 is 27.3 Å². The maximum absolute atomic E-state index is 12.8. The molecular weight excluding hydrogens is 464 g/mol. The standard InChI is InChI=1S/C27H24N2O5S/c1-29(35(31,32)26-10-6-3-7-11-26)22-14-18-23(19-15-22)33-20-27(30)28-21-12-16-25(17-13-21)34-24-8-4-2-5-9-24/h2-19H,20H2,1H3,(H,28,30). The highest BCUT2D eigenvalue weighted by Crippen LogP contribution is 2.25. The van der Waals surface area contributed by atoms with E-state index in [1.165, 1.54) is 11.4 Å². The van der Waals surface area contributed by atoms with Crippen LogP contribution in [0, 0.1) is 0 Å². The van der Waals surface area contributed by atoms with Crippen molar-refractivity contribution in [3.63, 3.8) is 0 Å². The molecular formula is C27H24N2O5S. The Morgan fingerprint density at radius 1 is 0.743 bits per heavy atom. The van der Waals surface area contributed by atoms with E-state index in [0.29, 0.717) is 22.9 Å². The number of ether oxygens (including phenoxy) is 2. The lowest BCUT2D eigenvalue weighted by molar-refractivity contribution is -0.118. The zero-order chi connectivity index (χ0) is 24.7. The van der Waals surface area contributed by atoms with Crippen molar-refractivity contribution in [2.24, 2.45) is 0 Å². The van der Waals surface area contributed by atoms with Gasteiger partial charge in [-0.3, -0.25) is 9.10 Å². The number of nitrogens with zero attached hydrogens (tertiary/aromatic N) is 1. The molecule has 0 bridgehead atoms. The molecule has 1 N–H and O–H groups in total. The Hall–Kier alpha value is -4.30. The van der Waals surface area contributed by atoms with Gasteiger partial charge in [-0.05, 0) is 72.8 Å². The Labute approximate surface area is 204 Å². The van der Waals surface area contributed by atoms with Gasteiger partial charge in [-0.15, -0.1) is 0 Å². The maximum Gasteiger partial charge on any atom is 0.264 e. The smallest absolute Gasteiger partial charge is 0.264 e. The Morgan fingerprint density at radius 3 is 1.91 bits per heavy atom. The van der Waals surface area contributed by atoms with Crippen molar-refractivity contribution in [2.75, 3.05) is 23.3 Å². The van der Waals surface area contributed by atoms with Gasteiger partial charge in [0, 0.05) is 12.7 Å². The SMILES string of the molecule is CN(c1ccc(OCC(=O)Nc2ccc(Oc3ccccc3)cc2)cc1)S(=O)(=O)c1ccccc1. The van der Waals surface area contributed by atoms with Crippen molar-refractivity contribution in [1.82, 2.24) is 0 Å². The molecule has 1 amide bonds. The molecule has 35 heavy (non-hydrogen) atoms. The molecule has 0 saturated heterocycles. The normalized spacial score (nSPS) is 10.9. The first-order valence-corrected chi connectivity index (χ1v) is 12.3. The molecule has 0 spiro atoms. The van der Waals surface area contributed by atoms with Crippen molar-refractivity contribution in [3.8, 4) is 17.2 Å². The fourth-order valence-electron chi connectivity index (χ4n) is 3.22. The number of carbonyl (C=O) groups excluding carboxylic acids is 1. The van der Waals surface area contributed by atoms with Crippen LogP contribution in [0.2, 0.25) is 0 Å². The number of amides is 1. The Bertz CT molecular complexity index is 1360. The van der Waals surface area contributed by atoms with Crippen molar-refractivity contribution in [1.29, 1.82) is 0 Å². The van der Waals surface area contributed by atoms with Gasteiger partial charge in [0.2, 0.25) is 0 Å². The summed E-state index contributed by atoms with van der Waals surface area (Å²) < 4.78 is 38.0. The van der Waals surface area contributed by atoms with E-state index in [0.717, 1.165) is 5.75 Å². The first kappa shape index (κ1) is 23.8. The molecule has 0 aliphatic rings. The van der Waals surface area contributed by atoms with Crippen LogP contribution in [0.15, 0.2) is 114 Å². The largest absolute Gasteiger partial charge is 0.484 e. The first-order valence-electron chi connectivity index (χ1n) is 10.8. The van der Waals surface area contributed by atoms with E-state index in [9.17, 15) is 13.2 Å². The molecule has 0 unspecified atom stereocenters. The summed E-state index contributed by atoms with van der Waals surface area (Å²) in [6.07, 6.45) is 0. The van der Waals surface area contributed by atoms with E-state index in [4.69, 9.17) is 9.47 Å². The fraction of sp³-hybridized carbons (Fsp3) is 0.0741. The molecule has 4 aromatic carbocycles. The summed E-state index contributed by atoms with van der Waals surface area (Å²) in [5.41, 5.74) is 1.09. The second-order valence-electron chi connectivity index (χ2n) is 7.56. The van der Waals surface area contributed by atoms with Crippen LogP contribution in [0.3, 0.4) is 0 Å². The van der Waals surface area contributed by atoms with E-state index in [1.807, 2.05) is 30.3 Å². The molecule has 0 aliphatic heterocycles. The van der Waals surface area contributed by atoms with Gasteiger partial charge in [0.1, 0.15) is 17.2 Å². The number of rotatable bonds is 9. The topological polar surface area (TPSA) is 84.9 Å². The lowest BCUT2D eigenvalue weighted by Crippen LogP contribution is -2.26. The molecule has 0 radical (unpaired) electrons.